The SMILES string of the molecule is COc1cc(C2CC(=O)C(C)C(c3cc(OC)c(OC)c(OC)c3)N2C(=O)CCl)cc(OC)c1OC. The molecule has 0 aromatic heterocycles. The number of hydrogen-bond acceptors (Lipinski definition) is 8. The lowest BCUT2D eigenvalue weighted by atomic mass is 9.79. The molecule has 36 heavy (non-hydrogen) atoms. The number of Topliss-reactive ketones (excluding diaryl/α,β-unsaturated/α-hetero) is 1. The Hall–Kier alpha value is -3.33. The highest BCUT2D eigenvalue weighted by molar-refractivity contribution is 6.27. The molecule has 1 aliphatic heterocycles. The molecule has 1 saturated heterocycles. The largest absolute Gasteiger partial charge is 0.493 e. The molecule has 0 saturated carbocycles. The van der Waals surface area contributed by atoms with Crippen LogP contribution < -0.4 is 28.4 Å². The Labute approximate surface area is 216 Å². The van der Waals surface area contributed by atoms with Gasteiger partial charge in [0.1, 0.15) is 11.7 Å². The molecule has 0 aliphatic carbocycles. The van der Waals surface area contributed by atoms with Gasteiger partial charge >= 0.3 is 0 Å². The number of rotatable bonds is 9. The number of ketones is 1. The minimum atomic E-state index is -0.643. The number of piperidine rings is 1. The second-order valence-corrected chi connectivity index (χ2v) is 8.54. The number of amides is 1. The predicted molar refractivity (Wildman–Crippen MR) is 134 cm³/mol. The van der Waals surface area contributed by atoms with E-state index in [1.807, 2.05) is 0 Å². The number of methoxy groups -OCH3 is 6. The first-order chi connectivity index (χ1) is 17.3. The van der Waals surface area contributed by atoms with Crippen molar-refractivity contribution in [2.24, 2.45) is 5.92 Å². The van der Waals surface area contributed by atoms with E-state index < -0.39 is 18.0 Å². The fourth-order valence-corrected chi connectivity index (χ4v) is 4.92. The molecule has 0 spiro atoms. The topological polar surface area (TPSA) is 92.8 Å². The number of likely N-dealkylation sites (tertiary alicyclic amines) is 1. The Morgan fingerprint density at radius 3 is 1.58 bits per heavy atom. The maximum atomic E-state index is 13.4. The van der Waals surface area contributed by atoms with Crippen molar-refractivity contribution in [1.82, 2.24) is 4.90 Å². The van der Waals surface area contributed by atoms with Crippen LogP contribution in [-0.4, -0.2) is 65.1 Å². The lowest BCUT2D eigenvalue weighted by Gasteiger charge is -2.45. The van der Waals surface area contributed by atoms with Crippen molar-refractivity contribution in [3.63, 3.8) is 0 Å². The normalized spacial score (nSPS) is 19.5. The molecule has 1 aliphatic rings. The quantitative estimate of drug-likeness (QED) is 0.453. The zero-order chi connectivity index (χ0) is 26.6. The molecule has 0 bridgehead atoms. The van der Waals surface area contributed by atoms with Gasteiger partial charge in [-0.2, -0.15) is 0 Å². The first-order valence-corrected chi connectivity index (χ1v) is 11.8. The number of carbonyl (C=O) groups excluding carboxylic acids is 2. The molecule has 9 nitrogen and oxygen atoms in total. The summed E-state index contributed by atoms with van der Waals surface area (Å²) < 4.78 is 33.0. The van der Waals surface area contributed by atoms with Gasteiger partial charge < -0.3 is 33.3 Å². The van der Waals surface area contributed by atoms with Crippen molar-refractivity contribution in [3.8, 4) is 34.5 Å². The molecule has 2 aromatic rings. The van der Waals surface area contributed by atoms with Crippen LogP contribution in [-0.2, 0) is 9.59 Å². The minimum absolute atomic E-state index is 0.00822. The van der Waals surface area contributed by atoms with Gasteiger partial charge in [-0.3, -0.25) is 9.59 Å². The fourth-order valence-electron chi connectivity index (χ4n) is 4.78. The first kappa shape index (κ1) is 27.3. The molecule has 1 amide bonds. The number of nitrogens with zero attached hydrogens (tertiary/aromatic N) is 1. The van der Waals surface area contributed by atoms with E-state index in [4.69, 9.17) is 40.0 Å². The van der Waals surface area contributed by atoms with Gasteiger partial charge in [-0.05, 0) is 35.4 Å². The monoisotopic (exact) mass is 521 g/mol. The third kappa shape index (κ3) is 4.84. The van der Waals surface area contributed by atoms with Crippen LogP contribution in [0.2, 0.25) is 0 Å². The van der Waals surface area contributed by atoms with Gasteiger partial charge in [-0.25, -0.2) is 0 Å². The molecule has 1 fully saturated rings. The van der Waals surface area contributed by atoms with Gasteiger partial charge in [0.2, 0.25) is 17.4 Å². The predicted octanol–water partition coefficient (Wildman–Crippen LogP) is 4.20. The summed E-state index contributed by atoms with van der Waals surface area (Å²) in [6.45, 7) is 1.80. The molecule has 3 rings (SSSR count). The summed E-state index contributed by atoms with van der Waals surface area (Å²) in [7, 11) is 9.06. The number of carbonyl (C=O) groups is 2. The molecule has 10 heteroatoms. The third-order valence-electron chi connectivity index (χ3n) is 6.51. The van der Waals surface area contributed by atoms with E-state index in [2.05, 4.69) is 0 Å². The van der Waals surface area contributed by atoms with Crippen molar-refractivity contribution in [2.75, 3.05) is 48.5 Å². The highest BCUT2D eigenvalue weighted by Crippen LogP contribution is 2.49. The van der Waals surface area contributed by atoms with Crippen LogP contribution in [0.5, 0.6) is 34.5 Å². The summed E-state index contributed by atoms with van der Waals surface area (Å²) in [5.74, 6) is 1.38. The highest BCUT2D eigenvalue weighted by atomic mass is 35.5. The van der Waals surface area contributed by atoms with Gasteiger partial charge in [0.15, 0.2) is 23.0 Å². The molecule has 3 unspecified atom stereocenters. The van der Waals surface area contributed by atoms with Gasteiger partial charge in [0.05, 0.1) is 54.7 Å². The summed E-state index contributed by atoms with van der Waals surface area (Å²) in [6.07, 6.45) is 0.101. The number of hydrogen-bond donors (Lipinski definition) is 0. The zero-order valence-corrected chi connectivity index (χ0v) is 22.3. The van der Waals surface area contributed by atoms with Gasteiger partial charge in [-0.1, -0.05) is 6.92 Å². The second kappa shape index (κ2) is 11.6. The van der Waals surface area contributed by atoms with Crippen molar-refractivity contribution in [2.45, 2.75) is 25.4 Å². The minimum Gasteiger partial charge on any atom is -0.493 e. The lowest BCUT2D eigenvalue weighted by molar-refractivity contribution is -0.144. The van der Waals surface area contributed by atoms with E-state index >= 15 is 0 Å². The van der Waals surface area contributed by atoms with Crippen molar-refractivity contribution < 1.29 is 38.0 Å². The summed E-state index contributed by atoms with van der Waals surface area (Å²) in [4.78, 5) is 28.3. The number of alkyl halides is 1. The Balaban J connectivity index is 2.25. The summed E-state index contributed by atoms with van der Waals surface area (Å²) in [5.41, 5.74) is 1.31. The molecule has 196 valence electrons. The second-order valence-electron chi connectivity index (χ2n) is 8.27. The fraction of sp³-hybridized carbons (Fsp3) is 0.462. The van der Waals surface area contributed by atoms with Crippen molar-refractivity contribution >= 4 is 23.3 Å². The highest BCUT2D eigenvalue weighted by Gasteiger charge is 2.44. The molecule has 0 radical (unpaired) electrons. The standard InChI is InChI=1S/C26H32ClNO8/c1-14-18(29)12-17(15-8-19(31-2)25(35-6)20(9-15)32-3)28(23(30)13-27)24(14)16-10-21(33-4)26(36-7)22(11-16)34-5/h8-11,14,17,24H,12-13H2,1-7H3. The van der Waals surface area contributed by atoms with E-state index in [-0.39, 0.29) is 24.0 Å². The lowest BCUT2D eigenvalue weighted by Crippen LogP contribution is -2.48. The Bertz CT molecular complexity index is 1070. The van der Waals surface area contributed by atoms with E-state index in [0.29, 0.717) is 45.6 Å². The van der Waals surface area contributed by atoms with E-state index in [1.165, 1.54) is 42.7 Å². The van der Waals surface area contributed by atoms with Crippen LogP contribution in [0.3, 0.4) is 0 Å². The number of ether oxygens (including phenoxy) is 6. The molecular formula is C26H32ClNO8. The Morgan fingerprint density at radius 1 is 0.806 bits per heavy atom. The molecule has 0 N–H and O–H groups in total. The van der Waals surface area contributed by atoms with Crippen LogP contribution >= 0.6 is 11.6 Å². The Kier molecular flexibility index (Phi) is 8.79. The molecule has 2 aromatic carbocycles. The average Bonchev–Trinajstić information content (AvgIpc) is 2.91. The molecule has 1 heterocycles. The number of benzene rings is 2. The summed E-state index contributed by atoms with van der Waals surface area (Å²) >= 11 is 6.09. The van der Waals surface area contributed by atoms with Crippen LogP contribution in [0.1, 0.15) is 36.6 Å². The van der Waals surface area contributed by atoms with Crippen molar-refractivity contribution in [1.29, 1.82) is 0 Å². The maximum Gasteiger partial charge on any atom is 0.238 e. The average molecular weight is 522 g/mol. The van der Waals surface area contributed by atoms with Crippen LogP contribution in [0.15, 0.2) is 24.3 Å². The molecule has 3 atom stereocenters. The maximum absolute atomic E-state index is 13.4. The van der Waals surface area contributed by atoms with Gasteiger partial charge in [0, 0.05) is 12.3 Å². The van der Waals surface area contributed by atoms with E-state index in [9.17, 15) is 9.59 Å². The molecular weight excluding hydrogens is 490 g/mol. The summed E-state index contributed by atoms with van der Waals surface area (Å²) in [6, 6.07) is 5.73. The van der Waals surface area contributed by atoms with Gasteiger partial charge in [0.25, 0.3) is 0 Å². The van der Waals surface area contributed by atoms with E-state index in [1.54, 1.807) is 36.1 Å². The van der Waals surface area contributed by atoms with E-state index in [0.717, 1.165) is 0 Å². The smallest absolute Gasteiger partial charge is 0.238 e. The van der Waals surface area contributed by atoms with Crippen LogP contribution in [0.4, 0.5) is 0 Å². The van der Waals surface area contributed by atoms with Crippen LogP contribution in [0, 0.1) is 5.92 Å². The summed E-state index contributed by atoms with van der Waals surface area (Å²) in [5, 5.41) is 0. The third-order valence-corrected chi connectivity index (χ3v) is 6.74. The first-order valence-electron chi connectivity index (χ1n) is 11.3. The van der Waals surface area contributed by atoms with Crippen LogP contribution in [0.25, 0.3) is 0 Å². The number of halogens is 1. The Morgan fingerprint density at radius 2 is 1.22 bits per heavy atom. The van der Waals surface area contributed by atoms with Crippen molar-refractivity contribution in [3.05, 3.63) is 35.4 Å². The van der Waals surface area contributed by atoms with Gasteiger partial charge in [-0.15, -0.1) is 11.6 Å². The zero-order valence-electron chi connectivity index (χ0n) is 21.5.